The van der Waals surface area contributed by atoms with Gasteiger partial charge >= 0.3 is 0 Å². The Morgan fingerprint density at radius 3 is 2.60 bits per heavy atom. The quantitative estimate of drug-likeness (QED) is 0.490. The topological polar surface area (TPSA) is 26.0 Å². The van der Waals surface area contributed by atoms with Gasteiger partial charge in [-0.1, -0.05) is 11.6 Å². The van der Waals surface area contributed by atoms with Crippen LogP contribution in [-0.2, 0) is 0 Å². The molecule has 0 aliphatic heterocycles. The van der Waals surface area contributed by atoms with E-state index in [0.29, 0.717) is 0 Å². The molecule has 0 rings (SSSR count). The fraction of sp³-hybridized carbons (Fsp3) is 0.750. The molecule has 0 atom stereocenters. The van der Waals surface area contributed by atoms with Crippen LogP contribution in [0.2, 0.25) is 0 Å². The molecule has 0 aliphatic rings. The molecule has 10 heavy (non-hydrogen) atoms. The van der Waals surface area contributed by atoms with Crippen molar-refractivity contribution in [2.75, 3.05) is 18.1 Å². The van der Waals surface area contributed by atoms with Crippen molar-refractivity contribution in [3.63, 3.8) is 0 Å². The maximum atomic E-state index is 5.33. The molecular weight excluding hydrogens is 142 g/mol. The van der Waals surface area contributed by atoms with E-state index >= 15 is 0 Å². The van der Waals surface area contributed by atoms with Gasteiger partial charge < -0.3 is 5.73 Å². The summed E-state index contributed by atoms with van der Waals surface area (Å²) in [5.41, 5.74) is 6.74. The van der Waals surface area contributed by atoms with Gasteiger partial charge in [0.1, 0.15) is 0 Å². The summed E-state index contributed by atoms with van der Waals surface area (Å²) in [6, 6.07) is 0. The third-order valence-electron chi connectivity index (χ3n) is 1.08. The van der Waals surface area contributed by atoms with Crippen molar-refractivity contribution >= 4 is 11.8 Å². The molecule has 0 bridgehead atoms. The van der Waals surface area contributed by atoms with Crippen LogP contribution in [0.5, 0.6) is 0 Å². The number of rotatable bonds is 5. The molecule has 1 nitrogen and oxygen atoms in total. The number of allylic oxidation sites excluding steroid dienone is 2. The third-order valence-corrected chi connectivity index (χ3v) is 2.13. The summed E-state index contributed by atoms with van der Waals surface area (Å²) < 4.78 is 0. The maximum absolute atomic E-state index is 5.33. The smallest absolute Gasteiger partial charge is 0.00559 e. The maximum Gasteiger partial charge on any atom is 0.00559 e. The summed E-state index contributed by atoms with van der Waals surface area (Å²) in [7, 11) is 0. The van der Waals surface area contributed by atoms with Gasteiger partial charge in [0, 0.05) is 12.3 Å². The zero-order valence-electron chi connectivity index (χ0n) is 6.89. The first-order valence-electron chi connectivity index (χ1n) is 3.68. The predicted molar refractivity (Wildman–Crippen MR) is 50.4 cm³/mol. The predicted octanol–water partition coefficient (Wildman–Crippen LogP) is 2.03. The Kier molecular flexibility index (Phi) is 7.20. The standard InChI is InChI=1S/C8H17NS/c1-8(2)4-3-6-10-7-5-9/h4H,3,5-7,9H2,1-2H3. The Morgan fingerprint density at radius 2 is 2.10 bits per heavy atom. The largest absolute Gasteiger partial charge is 0.330 e. The Balaban J connectivity index is 2.98. The molecule has 0 aromatic carbocycles. The molecule has 0 radical (unpaired) electrons. The fourth-order valence-corrected chi connectivity index (χ4v) is 1.27. The molecule has 2 N–H and O–H groups in total. The van der Waals surface area contributed by atoms with E-state index in [4.69, 9.17) is 5.73 Å². The van der Waals surface area contributed by atoms with Crippen molar-refractivity contribution in [2.24, 2.45) is 5.73 Å². The van der Waals surface area contributed by atoms with Crippen LogP contribution in [-0.4, -0.2) is 18.1 Å². The van der Waals surface area contributed by atoms with E-state index in [9.17, 15) is 0 Å². The minimum absolute atomic E-state index is 0.805. The van der Waals surface area contributed by atoms with Crippen LogP contribution < -0.4 is 5.73 Å². The fourth-order valence-electron chi connectivity index (χ4n) is 0.616. The molecule has 0 aliphatic carbocycles. The van der Waals surface area contributed by atoms with Gasteiger partial charge in [-0.05, 0) is 26.0 Å². The van der Waals surface area contributed by atoms with Crippen molar-refractivity contribution in [2.45, 2.75) is 20.3 Å². The first-order valence-corrected chi connectivity index (χ1v) is 4.84. The minimum Gasteiger partial charge on any atom is -0.330 e. The molecule has 0 aromatic rings. The first kappa shape index (κ1) is 10.0. The van der Waals surface area contributed by atoms with Crippen molar-refractivity contribution in [3.8, 4) is 0 Å². The number of hydrogen-bond acceptors (Lipinski definition) is 2. The Morgan fingerprint density at radius 1 is 1.40 bits per heavy atom. The lowest BCUT2D eigenvalue weighted by Gasteiger charge is -1.95. The summed E-state index contributed by atoms with van der Waals surface area (Å²) in [4.78, 5) is 0. The molecule has 0 heterocycles. The average Bonchev–Trinajstić information content (AvgIpc) is 1.87. The number of nitrogens with two attached hydrogens (primary N) is 1. The van der Waals surface area contributed by atoms with Crippen molar-refractivity contribution in [1.29, 1.82) is 0 Å². The minimum atomic E-state index is 0.805. The lowest BCUT2D eigenvalue weighted by atomic mass is 10.3. The van der Waals surface area contributed by atoms with E-state index < -0.39 is 0 Å². The van der Waals surface area contributed by atoms with Crippen molar-refractivity contribution in [3.05, 3.63) is 11.6 Å². The zero-order valence-corrected chi connectivity index (χ0v) is 7.71. The highest BCUT2D eigenvalue weighted by atomic mass is 32.2. The van der Waals surface area contributed by atoms with Crippen LogP contribution in [0.1, 0.15) is 20.3 Å². The highest BCUT2D eigenvalue weighted by Gasteiger charge is 1.84. The second kappa shape index (κ2) is 7.16. The number of thioether (sulfide) groups is 1. The highest BCUT2D eigenvalue weighted by Crippen LogP contribution is 2.02. The van der Waals surface area contributed by atoms with E-state index in [0.717, 1.165) is 12.3 Å². The van der Waals surface area contributed by atoms with Crippen molar-refractivity contribution in [1.82, 2.24) is 0 Å². The summed E-state index contributed by atoms with van der Waals surface area (Å²) in [6.07, 6.45) is 3.45. The Bertz CT molecular complexity index is 95.4. The van der Waals surface area contributed by atoms with Crippen LogP contribution in [0, 0.1) is 0 Å². The van der Waals surface area contributed by atoms with Gasteiger partial charge in [-0.15, -0.1) is 0 Å². The molecule has 2 heteroatoms. The SMILES string of the molecule is CC(C)=CCCSCCN. The molecular formula is C8H17NS. The Hall–Kier alpha value is 0.0500. The summed E-state index contributed by atoms with van der Waals surface area (Å²) in [5, 5.41) is 0. The van der Waals surface area contributed by atoms with Gasteiger partial charge in [0.05, 0.1) is 0 Å². The second-order valence-electron chi connectivity index (χ2n) is 2.47. The first-order chi connectivity index (χ1) is 4.77. The van der Waals surface area contributed by atoms with Crippen LogP contribution in [0.3, 0.4) is 0 Å². The van der Waals surface area contributed by atoms with Gasteiger partial charge in [0.2, 0.25) is 0 Å². The summed E-state index contributed by atoms with van der Waals surface area (Å²) in [6.45, 7) is 5.07. The molecule has 0 unspecified atom stereocenters. The van der Waals surface area contributed by atoms with E-state index in [2.05, 4.69) is 19.9 Å². The summed E-state index contributed by atoms with van der Waals surface area (Å²) in [5.74, 6) is 2.30. The van der Waals surface area contributed by atoms with E-state index in [-0.39, 0.29) is 0 Å². The molecule has 0 fully saturated rings. The average molecular weight is 159 g/mol. The van der Waals surface area contributed by atoms with Crippen LogP contribution in [0.4, 0.5) is 0 Å². The van der Waals surface area contributed by atoms with Gasteiger partial charge in [-0.3, -0.25) is 0 Å². The monoisotopic (exact) mass is 159 g/mol. The van der Waals surface area contributed by atoms with E-state index in [1.54, 1.807) is 0 Å². The highest BCUT2D eigenvalue weighted by molar-refractivity contribution is 7.99. The molecule has 60 valence electrons. The van der Waals surface area contributed by atoms with Gasteiger partial charge in [0.25, 0.3) is 0 Å². The second-order valence-corrected chi connectivity index (χ2v) is 3.70. The normalized spacial score (nSPS) is 9.50. The molecule has 0 aromatic heterocycles. The molecule has 0 spiro atoms. The van der Waals surface area contributed by atoms with E-state index in [1.807, 2.05) is 11.8 Å². The summed E-state index contributed by atoms with van der Waals surface area (Å²) >= 11 is 1.93. The van der Waals surface area contributed by atoms with Gasteiger partial charge in [0.15, 0.2) is 0 Å². The molecule has 0 saturated heterocycles. The molecule has 0 amide bonds. The lowest BCUT2D eigenvalue weighted by Crippen LogP contribution is -2.01. The third kappa shape index (κ3) is 8.05. The van der Waals surface area contributed by atoms with Gasteiger partial charge in [-0.2, -0.15) is 11.8 Å². The van der Waals surface area contributed by atoms with Crippen molar-refractivity contribution < 1.29 is 0 Å². The van der Waals surface area contributed by atoms with E-state index in [1.165, 1.54) is 17.7 Å². The lowest BCUT2D eigenvalue weighted by molar-refractivity contribution is 1.14. The van der Waals surface area contributed by atoms with Crippen LogP contribution in [0.25, 0.3) is 0 Å². The Labute approximate surface area is 68.1 Å². The van der Waals surface area contributed by atoms with Gasteiger partial charge in [-0.25, -0.2) is 0 Å². The van der Waals surface area contributed by atoms with Crippen LogP contribution >= 0.6 is 11.8 Å². The number of hydrogen-bond donors (Lipinski definition) is 1. The molecule has 0 saturated carbocycles. The zero-order chi connectivity index (χ0) is 7.82. The van der Waals surface area contributed by atoms with Crippen LogP contribution in [0.15, 0.2) is 11.6 Å².